The summed E-state index contributed by atoms with van der Waals surface area (Å²) in [4.78, 5) is 12.3. The summed E-state index contributed by atoms with van der Waals surface area (Å²) in [6.07, 6.45) is 3.42. The predicted molar refractivity (Wildman–Crippen MR) is 81.5 cm³/mol. The molecule has 1 heterocycles. The fraction of sp³-hybridized carbons (Fsp3) is 0.167. The second-order valence-electron chi connectivity index (χ2n) is 3.84. The van der Waals surface area contributed by atoms with Gasteiger partial charge in [-0.15, -0.1) is 11.7 Å². The van der Waals surface area contributed by atoms with E-state index in [1.807, 2.05) is 6.26 Å². The number of rotatable bonds is 4. The van der Waals surface area contributed by atoms with Crippen molar-refractivity contribution in [3.8, 4) is 11.4 Å². The lowest BCUT2D eigenvalue weighted by atomic mass is 10.3. The van der Waals surface area contributed by atoms with Gasteiger partial charge in [0.05, 0.1) is 15.7 Å². The number of aromatic hydroxyl groups is 1. The summed E-state index contributed by atoms with van der Waals surface area (Å²) in [7, 11) is 0. The molecule has 1 aromatic carbocycles. The second kappa shape index (κ2) is 5.95. The van der Waals surface area contributed by atoms with Crippen molar-refractivity contribution >= 4 is 35.0 Å². The maximum Gasteiger partial charge on any atom is 0.351 e. The SMILES string of the molecule is C=CCn1c(SC)nn(-c2cc(O)c(Cl)cc2Cl)c1=O. The van der Waals surface area contributed by atoms with Crippen molar-refractivity contribution in [2.24, 2.45) is 0 Å². The van der Waals surface area contributed by atoms with Crippen LogP contribution in [0.4, 0.5) is 0 Å². The first kappa shape index (κ1) is 15.0. The smallest absolute Gasteiger partial charge is 0.351 e. The largest absolute Gasteiger partial charge is 0.506 e. The summed E-state index contributed by atoms with van der Waals surface area (Å²) in [6.45, 7) is 3.95. The molecule has 0 fully saturated rings. The van der Waals surface area contributed by atoms with E-state index < -0.39 is 0 Å². The number of phenols is 1. The van der Waals surface area contributed by atoms with Gasteiger partial charge in [-0.2, -0.15) is 4.68 Å². The Morgan fingerprint density at radius 2 is 2.15 bits per heavy atom. The van der Waals surface area contributed by atoms with Crippen molar-refractivity contribution in [2.45, 2.75) is 11.7 Å². The monoisotopic (exact) mass is 331 g/mol. The molecule has 0 bridgehead atoms. The van der Waals surface area contributed by atoms with E-state index in [0.717, 1.165) is 4.68 Å². The Balaban J connectivity index is 2.68. The van der Waals surface area contributed by atoms with Gasteiger partial charge in [0.1, 0.15) is 5.75 Å². The van der Waals surface area contributed by atoms with Crippen LogP contribution in [0.2, 0.25) is 10.0 Å². The van der Waals surface area contributed by atoms with Crippen LogP contribution in [0, 0.1) is 0 Å². The Bertz CT molecular complexity index is 724. The van der Waals surface area contributed by atoms with Crippen LogP contribution in [0.1, 0.15) is 0 Å². The van der Waals surface area contributed by atoms with Gasteiger partial charge in [-0.25, -0.2) is 4.79 Å². The minimum Gasteiger partial charge on any atom is -0.506 e. The quantitative estimate of drug-likeness (QED) is 0.691. The molecule has 0 radical (unpaired) electrons. The lowest BCUT2D eigenvalue weighted by Gasteiger charge is -2.05. The molecule has 20 heavy (non-hydrogen) atoms. The fourth-order valence-electron chi connectivity index (χ4n) is 1.66. The molecule has 0 aliphatic carbocycles. The molecule has 2 aromatic rings. The number of aromatic nitrogens is 3. The first-order valence-corrected chi connectivity index (χ1v) is 7.50. The molecule has 0 spiro atoms. The summed E-state index contributed by atoms with van der Waals surface area (Å²) in [5.41, 5.74) is -0.0884. The Morgan fingerprint density at radius 3 is 2.75 bits per heavy atom. The van der Waals surface area contributed by atoms with E-state index in [0.29, 0.717) is 11.7 Å². The van der Waals surface area contributed by atoms with E-state index >= 15 is 0 Å². The van der Waals surface area contributed by atoms with Crippen molar-refractivity contribution < 1.29 is 5.11 Å². The Hall–Kier alpha value is -1.37. The van der Waals surface area contributed by atoms with Crippen LogP contribution in [-0.4, -0.2) is 25.7 Å². The van der Waals surface area contributed by atoms with Gasteiger partial charge in [0, 0.05) is 12.6 Å². The van der Waals surface area contributed by atoms with Crippen LogP contribution in [0.25, 0.3) is 5.69 Å². The van der Waals surface area contributed by atoms with Gasteiger partial charge in [0.2, 0.25) is 0 Å². The Kier molecular flexibility index (Phi) is 4.47. The standard InChI is InChI=1S/C12H11Cl2N3O2S/c1-3-4-16-11(20-2)15-17(12(16)19)9-6-10(18)8(14)5-7(9)13/h3,5-6,18H,1,4H2,2H3. The topological polar surface area (TPSA) is 60.1 Å². The van der Waals surface area contributed by atoms with Crippen LogP contribution in [0.15, 0.2) is 34.7 Å². The van der Waals surface area contributed by atoms with Crippen molar-refractivity contribution in [3.63, 3.8) is 0 Å². The highest BCUT2D eigenvalue weighted by molar-refractivity contribution is 7.98. The number of phenolic OH excluding ortho intramolecular Hbond substituents is 1. The molecule has 0 saturated heterocycles. The Morgan fingerprint density at radius 1 is 1.45 bits per heavy atom. The molecule has 2 rings (SSSR count). The molecule has 0 atom stereocenters. The Labute approximate surface area is 129 Å². The maximum absolute atomic E-state index is 12.3. The van der Waals surface area contributed by atoms with Gasteiger partial charge in [-0.05, 0) is 12.3 Å². The van der Waals surface area contributed by atoms with Crippen LogP contribution in [-0.2, 0) is 6.54 Å². The first-order valence-electron chi connectivity index (χ1n) is 5.52. The molecule has 8 heteroatoms. The molecule has 0 amide bonds. The van der Waals surface area contributed by atoms with Crippen LogP contribution >= 0.6 is 35.0 Å². The van der Waals surface area contributed by atoms with Crippen molar-refractivity contribution in [2.75, 3.05) is 6.26 Å². The number of thioether (sulfide) groups is 1. The third-order valence-electron chi connectivity index (χ3n) is 2.57. The summed E-state index contributed by atoms with van der Waals surface area (Å²) < 4.78 is 2.59. The predicted octanol–water partition coefficient (Wildman–Crippen LogP) is 2.95. The minimum absolute atomic E-state index is 0.113. The highest BCUT2D eigenvalue weighted by atomic mass is 35.5. The van der Waals surface area contributed by atoms with E-state index in [-0.39, 0.29) is 27.2 Å². The minimum atomic E-state index is -0.363. The molecule has 5 nitrogen and oxygen atoms in total. The first-order chi connectivity index (χ1) is 9.49. The fourth-order valence-corrected chi connectivity index (χ4v) is 2.66. The number of benzene rings is 1. The van der Waals surface area contributed by atoms with Gasteiger partial charge in [-0.3, -0.25) is 4.57 Å². The third kappa shape index (κ3) is 2.59. The van der Waals surface area contributed by atoms with Gasteiger partial charge in [-0.1, -0.05) is 41.0 Å². The lowest BCUT2D eigenvalue weighted by molar-refractivity contribution is 0.475. The average Bonchev–Trinajstić information content (AvgIpc) is 2.72. The number of nitrogens with zero attached hydrogens (tertiary/aromatic N) is 3. The van der Waals surface area contributed by atoms with Crippen molar-refractivity contribution in [3.05, 3.63) is 45.3 Å². The molecule has 1 N–H and O–H groups in total. The molecule has 106 valence electrons. The number of halogens is 2. The van der Waals surface area contributed by atoms with Gasteiger partial charge < -0.3 is 5.11 Å². The second-order valence-corrected chi connectivity index (χ2v) is 5.42. The molecule has 1 aromatic heterocycles. The molecule has 0 saturated carbocycles. The molecule has 0 unspecified atom stereocenters. The van der Waals surface area contributed by atoms with E-state index in [9.17, 15) is 9.90 Å². The summed E-state index contributed by atoms with van der Waals surface area (Å²) in [5, 5.41) is 14.7. The zero-order valence-electron chi connectivity index (χ0n) is 10.5. The van der Waals surface area contributed by atoms with Crippen LogP contribution < -0.4 is 5.69 Å². The normalized spacial score (nSPS) is 10.8. The summed E-state index contributed by atoms with van der Waals surface area (Å²) in [6, 6.07) is 2.67. The van der Waals surface area contributed by atoms with E-state index in [1.165, 1.54) is 28.5 Å². The number of allylic oxidation sites excluding steroid dienone is 1. The molecular weight excluding hydrogens is 321 g/mol. The third-order valence-corrected chi connectivity index (χ3v) is 3.84. The van der Waals surface area contributed by atoms with Crippen LogP contribution in [0.5, 0.6) is 5.75 Å². The van der Waals surface area contributed by atoms with Gasteiger partial charge in [0.15, 0.2) is 5.16 Å². The number of hydrogen-bond acceptors (Lipinski definition) is 4. The average molecular weight is 332 g/mol. The number of hydrogen-bond donors (Lipinski definition) is 1. The highest BCUT2D eigenvalue weighted by Gasteiger charge is 2.16. The molecular formula is C12H11Cl2N3O2S. The lowest BCUT2D eigenvalue weighted by Crippen LogP contribution is -2.23. The van der Waals surface area contributed by atoms with Crippen LogP contribution in [0.3, 0.4) is 0 Å². The highest BCUT2D eigenvalue weighted by Crippen LogP contribution is 2.31. The van der Waals surface area contributed by atoms with Crippen molar-refractivity contribution in [1.82, 2.24) is 14.3 Å². The molecule has 0 aliphatic heterocycles. The van der Waals surface area contributed by atoms with Crippen molar-refractivity contribution in [1.29, 1.82) is 0 Å². The van der Waals surface area contributed by atoms with E-state index in [1.54, 1.807) is 6.08 Å². The summed E-state index contributed by atoms with van der Waals surface area (Å²) in [5.74, 6) is -0.165. The van der Waals surface area contributed by atoms with E-state index in [2.05, 4.69) is 11.7 Å². The zero-order chi connectivity index (χ0) is 14.9. The summed E-state index contributed by atoms with van der Waals surface area (Å²) >= 11 is 13.2. The maximum atomic E-state index is 12.3. The van der Waals surface area contributed by atoms with Gasteiger partial charge >= 0.3 is 5.69 Å². The zero-order valence-corrected chi connectivity index (χ0v) is 12.8. The van der Waals surface area contributed by atoms with E-state index in [4.69, 9.17) is 23.2 Å². The molecule has 0 aliphatic rings. The van der Waals surface area contributed by atoms with Gasteiger partial charge in [0.25, 0.3) is 0 Å².